The van der Waals surface area contributed by atoms with Crippen molar-refractivity contribution >= 4 is 5.95 Å². The van der Waals surface area contributed by atoms with Gasteiger partial charge in [-0.25, -0.2) is 9.97 Å². The molecule has 0 spiro atoms. The van der Waals surface area contributed by atoms with Crippen LogP contribution in [-0.2, 0) is 11.3 Å². The zero-order chi connectivity index (χ0) is 16.6. The Morgan fingerprint density at radius 3 is 2.79 bits per heavy atom. The van der Waals surface area contributed by atoms with Gasteiger partial charge in [-0.3, -0.25) is 0 Å². The van der Waals surface area contributed by atoms with Gasteiger partial charge in [0.05, 0.1) is 6.61 Å². The van der Waals surface area contributed by atoms with Crippen molar-refractivity contribution in [3.63, 3.8) is 0 Å². The van der Waals surface area contributed by atoms with Crippen molar-refractivity contribution in [1.29, 1.82) is 0 Å². The van der Waals surface area contributed by atoms with Crippen LogP contribution in [0.15, 0.2) is 35.0 Å². The van der Waals surface area contributed by atoms with Gasteiger partial charge in [-0.2, -0.15) is 0 Å². The summed E-state index contributed by atoms with van der Waals surface area (Å²) < 4.78 is 11.3. The Morgan fingerprint density at radius 1 is 1.25 bits per heavy atom. The van der Waals surface area contributed by atoms with Crippen LogP contribution in [0.5, 0.6) is 0 Å². The van der Waals surface area contributed by atoms with Crippen LogP contribution in [0.2, 0.25) is 0 Å². The van der Waals surface area contributed by atoms with Crippen LogP contribution in [0, 0.1) is 0 Å². The summed E-state index contributed by atoms with van der Waals surface area (Å²) in [7, 11) is 0. The molecular weight excluding hydrogens is 306 g/mol. The lowest BCUT2D eigenvalue weighted by atomic mass is 9.97. The highest BCUT2D eigenvalue weighted by molar-refractivity contribution is 5.29. The third-order valence-electron chi connectivity index (χ3n) is 4.05. The van der Waals surface area contributed by atoms with Gasteiger partial charge in [-0.15, -0.1) is 10.2 Å². The average molecular weight is 329 g/mol. The number of allylic oxidation sites excluding steroid dienone is 1. The standard InChI is InChI=1S/C17H23N5O2/c1-2-3-4-12-23-13-15-20-21-16(24-15)14-6-10-22(11-7-14)17-18-8-5-9-19-17/h2-3,5,8-9,14H,4,6-7,10-13H2,1H3/b3-2+. The van der Waals surface area contributed by atoms with Crippen molar-refractivity contribution in [2.45, 2.75) is 38.7 Å². The molecule has 2 aromatic heterocycles. The number of hydrogen-bond acceptors (Lipinski definition) is 7. The van der Waals surface area contributed by atoms with Gasteiger partial charge in [-0.1, -0.05) is 12.2 Å². The molecule has 24 heavy (non-hydrogen) atoms. The minimum atomic E-state index is 0.300. The third-order valence-corrected chi connectivity index (χ3v) is 4.05. The van der Waals surface area contributed by atoms with Crippen molar-refractivity contribution in [3.05, 3.63) is 42.4 Å². The predicted molar refractivity (Wildman–Crippen MR) is 89.6 cm³/mol. The van der Waals surface area contributed by atoms with Gasteiger partial charge in [0.1, 0.15) is 6.61 Å². The first-order valence-electron chi connectivity index (χ1n) is 8.40. The minimum Gasteiger partial charge on any atom is -0.422 e. The molecule has 3 rings (SSSR count). The highest BCUT2D eigenvalue weighted by Gasteiger charge is 2.26. The van der Waals surface area contributed by atoms with E-state index in [1.807, 2.05) is 19.1 Å². The minimum absolute atomic E-state index is 0.300. The summed E-state index contributed by atoms with van der Waals surface area (Å²) >= 11 is 0. The fraction of sp³-hybridized carbons (Fsp3) is 0.529. The number of rotatable bonds is 7. The molecule has 0 radical (unpaired) electrons. The summed E-state index contributed by atoms with van der Waals surface area (Å²) in [5, 5.41) is 8.28. The van der Waals surface area contributed by atoms with Crippen LogP contribution >= 0.6 is 0 Å². The van der Waals surface area contributed by atoms with Gasteiger partial charge in [0.2, 0.25) is 17.7 Å². The van der Waals surface area contributed by atoms with E-state index in [0.717, 1.165) is 44.2 Å². The number of piperidine rings is 1. The molecule has 7 nitrogen and oxygen atoms in total. The highest BCUT2D eigenvalue weighted by atomic mass is 16.5. The summed E-state index contributed by atoms with van der Waals surface area (Å²) in [6.07, 6.45) is 10.5. The monoisotopic (exact) mass is 329 g/mol. The zero-order valence-electron chi connectivity index (χ0n) is 14.0. The van der Waals surface area contributed by atoms with Crippen molar-refractivity contribution in [1.82, 2.24) is 20.2 Å². The largest absolute Gasteiger partial charge is 0.422 e. The van der Waals surface area contributed by atoms with Crippen molar-refractivity contribution in [3.8, 4) is 0 Å². The third kappa shape index (κ3) is 4.38. The lowest BCUT2D eigenvalue weighted by molar-refractivity contribution is 0.105. The second-order valence-corrected chi connectivity index (χ2v) is 5.75. The summed E-state index contributed by atoms with van der Waals surface area (Å²) in [5.74, 6) is 2.36. The summed E-state index contributed by atoms with van der Waals surface area (Å²) in [6, 6.07) is 1.83. The molecule has 0 saturated carbocycles. The zero-order valence-corrected chi connectivity index (χ0v) is 14.0. The Morgan fingerprint density at radius 2 is 2.04 bits per heavy atom. The van der Waals surface area contributed by atoms with Gasteiger partial charge >= 0.3 is 0 Å². The number of hydrogen-bond donors (Lipinski definition) is 0. The van der Waals surface area contributed by atoms with Crippen LogP contribution in [0.4, 0.5) is 5.95 Å². The molecule has 1 aliphatic heterocycles. The predicted octanol–water partition coefficient (Wildman–Crippen LogP) is 2.73. The Bertz CT molecular complexity index is 635. The van der Waals surface area contributed by atoms with Crippen LogP contribution in [-0.4, -0.2) is 39.9 Å². The maximum atomic E-state index is 5.76. The quantitative estimate of drug-likeness (QED) is 0.571. The first-order valence-corrected chi connectivity index (χ1v) is 8.40. The summed E-state index contributed by atoms with van der Waals surface area (Å²) in [5.41, 5.74) is 0. The molecule has 0 N–H and O–H groups in total. The van der Waals surface area contributed by atoms with E-state index in [9.17, 15) is 0 Å². The van der Waals surface area contributed by atoms with Crippen LogP contribution in [0.3, 0.4) is 0 Å². The SMILES string of the molecule is C/C=C/CCOCc1nnc(C2CCN(c3ncccn3)CC2)o1. The fourth-order valence-electron chi connectivity index (χ4n) is 2.75. The van der Waals surface area contributed by atoms with Gasteiger partial charge in [-0.05, 0) is 32.3 Å². The second-order valence-electron chi connectivity index (χ2n) is 5.75. The second kappa shape index (κ2) is 8.54. The van der Waals surface area contributed by atoms with E-state index in [-0.39, 0.29) is 0 Å². The highest BCUT2D eigenvalue weighted by Crippen LogP contribution is 2.28. The van der Waals surface area contributed by atoms with E-state index < -0.39 is 0 Å². The fourth-order valence-corrected chi connectivity index (χ4v) is 2.75. The summed E-state index contributed by atoms with van der Waals surface area (Å²) in [4.78, 5) is 10.8. The van der Waals surface area contributed by atoms with Crippen molar-refractivity contribution < 1.29 is 9.15 Å². The molecular formula is C17H23N5O2. The lowest BCUT2D eigenvalue weighted by Crippen LogP contribution is -2.34. The molecule has 128 valence electrons. The molecule has 2 aromatic rings. The van der Waals surface area contributed by atoms with E-state index in [2.05, 4.69) is 31.1 Å². The van der Waals surface area contributed by atoms with E-state index in [1.54, 1.807) is 12.4 Å². The smallest absolute Gasteiger partial charge is 0.242 e. The van der Waals surface area contributed by atoms with Gasteiger partial charge in [0, 0.05) is 31.4 Å². The molecule has 0 unspecified atom stereocenters. The van der Waals surface area contributed by atoms with Gasteiger partial charge < -0.3 is 14.1 Å². The van der Waals surface area contributed by atoms with Crippen molar-refractivity contribution in [2.75, 3.05) is 24.6 Å². The molecule has 1 fully saturated rings. The maximum Gasteiger partial charge on any atom is 0.242 e. The average Bonchev–Trinajstić information content (AvgIpc) is 3.11. The van der Waals surface area contributed by atoms with E-state index in [0.29, 0.717) is 25.0 Å². The number of nitrogens with zero attached hydrogens (tertiary/aromatic N) is 5. The van der Waals surface area contributed by atoms with Crippen molar-refractivity contribution in [2.24, 2.45) is 0 Å². The molecule has 7 heteroatoms. The Hall–Kier alpha value is -2.28. The van der Waals surface area contributed by atoms with Gasteiger partial charge in [0.25, 0.3) is 0 Å². The van der Waals surface area contributed by atoms with Crippen LogP contribution < -0.4 is 4.90 Å². The Balaban J connectivity index is 1.46. The molecule has 0 aliphatic carbocycles. The molecule has 3 heterocycles. The number of ether oxygens (including phenoxy) is 1. The lowest BCUT2D eigenvalue weighted by Gasteiger charge is -2.30. The first kappa shape index (κ1) is 16.6. The van der Waals surface area contributed by atoms with Gasteiger partial charge in [0.15, 0.2) is 0 Å². The molecule has 0 atom stereocenters. The Labute approximate surface area is 141 Å². The molecule has 0 amide bonds. The maximum absolute atomic E-state index is 5.76. The normalized spacial score (nSPS) is 16.1. The number of anilines is 1. The molecule has 0 aromatic carbocycles. The van der Waals surface area contributed by atoms with E-state index in [4.69, 9.17) is 9.15 Å². The van der Waals surface area contributed by atoms with E-state index in [1.165, 1.54) is 0 Å². The molecule has 1 saturated heterocycles. The van der Waals surface area contributed by atoms with E-state index >= 15 is 0 Å². The molecule has 1 aliphatic rings. The van der Waals surface area contributed by atoms with Crippen LogP contribution in [0.25, 0.3) is 0 Å². The first-order chi connectivity index (χ1) is 11.9. The molecule has 0 bridgehead atoms. The topological polar surface area (TPSA) is 77.2 Å². The Kier molecular flexibility index (Phi) is 5.90. The number of aromatic nitrogens is 4. The van der Waals surface area contributed by atoms with Crippen LogP contribution in [0.1, 0.15) is 43.9 Å². The summed E-state index contributed by atoms with van der Waals surface area (Å²) in [6.45, 7) is 4.83.